The number of fused-ring (bicyclic) bond motifs is 11. The predicted molar refractivity (Wildman–Crippen MR) is 195 cm³/mol. The number of furan rings is 1. The van der Waals surface area contributed by atoms with Gasteiger partial charge in [-0.3, -0.25) is 0 Å². The first kappa shape index (κ1) is 25.9. The van der Waals surface area contributed by atoms with Gasteiger partial charge in [-0.1, -0.05) is 91.1 Å². The van der Waals surface area contributed by atoms with Crippen molar-refractivity contribution in [3.05, 3.63) is 143 Å². The Balaban J connectivity index is 1.23. The summed E-state index contributed by atoms with van der Waals surface area (Å²) in [6.07, 6.45) is 27.6. The molecule has 11 rings (SSSR count). The SMILES string of the molecule is C1=CC2CC2(c2ccc(-n3c4c(c5c(Nc6ccccc6)cc6c(oc7ccc8c(c76)C=CCC=C8)c53)CC3CC3C=C4)cc2)C=C1. The number of nitrogens with one attached hydrogen (secondary N) is 1. The van der Waals surface area contributed by atoms with Crippen molar-refractivity contribution in [2.24, 2.45) is 17.8 Å². The van der Waals surface area contributed by atoms with E-state index in [1.807, 2.05) is 0 Å². The molecule has 4 atom stereocenters. The number of rotatable bonds is 4. The third kappa shape index (κ3) is 3.74. The Morgan fingerprint density at radius 1 is 0.851 bits per heavy atom. The maximum absolute atomic E-state index is 6.98. The number of benzene rings is 4. The van der Waals surface area contributed by atoms with Gasteiger partial charge in [-0.05, 0) is 108 Å². The topological polar surface area (TPSA) is 30.1 Å². The fourth-order valence-corrected chi connectivity index (χ4v) is 8.87. The van der Waals surface area contributed by atoms with Gasteiger partial charge < -0.3 is 14.3 Å². The average molecular weight is 607 g/mol. The van der Waals surface area contributed by atoms with E-state index >= 15 is 0 Å². The second-order valence-corrected chi connectivity index (χ2v) is 14.2. The number of aromatic nitrogens is 1. The molecule has 6 aromatic rings. The quantitative estimate of drug-likeness (QED) is 0.216. The number of hydrogen-bond acceptors (Lipinski definition) is 2. The minimum Gasteiger partial charge on any atom is -0.454 e. The van der Waals surface area contributed by atoms with Crippen molar-refractivity contribution in [1.82, 2.24) is 4.57 Å². The van der Waals surface area contributed by atoms with Gasteiger partial charge in [0.15, 0.2) is 5.58 Å². The zero-order chi connectivity index (χ0) is 30.7. The molecule has 2 fully saturated rings. The maximum Gasteiger partial charge on any atom is 0.160 e. The largest absolute Gasteiger partial charge is 0.454 e. The van der Waals surface area contributed by atoms with Crippen LogP contribution in [-0.4, -0.2) is 4.57 Å². The Bertz CT molecular complexity index is 2450. The van der Waals surface area contributed by atoms with Crippen LogP contribution in [0.2, 0.25) is 0 Å². The molecule has 3 heteroatoms. The molecule has 0 saturated heterocycles. The Morgan fingerprint density at radius 2 is 1.74 bits per heavy atom. The molecule has 0 amide bonds. The summed E-state index contributed by atoms with van der Waals surface area (Å²) >= 11 is 0. The molecule has 226 valence electrons. The third-order valence-electron chi connectivity index (χ3n) is 11.5. The van der Waals surface area contributed by atoms with Gasteiger partial charge in [-0.25, -0.2) is 0 Å². The summed E-state index contributed by atoms with van der Waals surface area (Å²) in [6, 6.07) is 26.8. The highest BCUT2D eigenvalue weighted by Gasteiger charge is 2.52. The van der Waals surface area contributed by atoms with Gasteiger partial charge in [0.1, 0.15) is 5.58 Å². The van der Waals surface area contributed by atoms with Crippen LogP contribution < -0.4 is 5.32 Å². The van der Waals surface area contributed by atoms with Crippen molar-refractivity contribution in [3.8, 4) is 5.69 Å². The van der Waals surface area contributed by atoms with E-state index in [2.05, 4.69) is 143 Å². The van der Waals surface area contributed by atoms with Gasteiger partial charge in [0, 0.05) is 44.3 Å². The second-order valence-electron chi connectivity index (χ2n) is 14.2. The van der Waals surface area contributed by atoms with Gasteiger partial charge in [-0.15, -0.1) is 0 Å². The van der Waals surface area contributed by atoms with Crippen LogP contribution in [0.3, 0.4) is 0 Å². The summed E-state index contributed by atoms with van der Waals surface area (Å²) < 4.78 is 9.48. The highest BCUT2D eigenvalue weighted by molar-refractivity contribution is 6.22. The molecule has 5 aliphatic rings. The molecule has 3 nitrogen and oxygen atoms in total. The molecule has 5 aliphatic carbocycles. The monoisotopic (exact) mass is 606 g/mol. The molecule has 2 heterocycles. The van der Waals surface area contributed by atoms with Crippen LogP contribution in [0.25, 0.3) is 56.8 Å². The first-order valence-electron chi connectivity index (χ1n) is 17.1. The summed E-state index contributed by atoms with van der Waals surface area (Å²) in [5, 5.41) is 7.50. The van der Waals surface area contributed by atoms with Crippen LogP contribution in [-0.2, 0) is 11.8 Å². The Hall–Kier alpha value is -5.28. The second kappa shape index (κ2) is 9.39. The highest BCUT2D eigenvalue weighted by atomic mass is 16.3. The fourth-order valence-electron chi connectivity index (χ4n) is 8.87. The van der Waals surface area contributed by atoms with E-state index in [9.17, 15) is 0 Å². The van der Waals surface area contributed by atoms with Gasteiger partial charge in [0.05, 0.1) is 5.52 Å². The summed E-state index contributed by atoms with van der Waals surface area (Å²) in [5.41, 5.74) is 13.2. The smallest absolute Gasteiger partial charge is 0.160 e. The van der Waals surface area contributed by atoms with E-state index < -0.39 is 0 Å². The molecule has 1 N–H and O–H groups in total. The van der Waals surface area contributed by atoms with Gasteiger partial charge >= 0.3 is 0 Å². The molecule has 2 aromatic heterocycles. The minimum atomic E-state index is 0.169. The molecular formula is C44H34N2O. The van der Waals surface area contributed by atoms with E-state index in [1.54, 1.807) is 0 Å². The summed E-state index contributed by atoms with van der Waals surface area (Å²) in [7, 11) is 0. The van der Waals surface area contributed by atoms with E-state index in [4.69, 9.17) is 4.42 Å². The van der Waals surface area contributed by atoms with E-state index in [1.165, 1.54) is 57.2 Å². The zero-order valence-corrected chi connectivity index (χ0v) is 26.1. The minimum absolute atomic E-state index is 0.169. The molecule has 4 aromatic carbocycles. The Morgan fingerprint density at radius 3 is 2.64 bits per heavy atom. The fraction of sp³-hybridized carbons (Fsp3) is 0.182. The Labute approximate surface area is 273 Å². The summed E-state index contributed by atoms with van der Waals surface area (Å²) in [4.78, 5) is 0. The van der Waals surface area contributed by atoms with Gasteiger partial charge in [0.25, 0.3) is 0 Å². The normalized spacial score (nSPS) is 24.6. The first-order valence-corrected chi connectivity index (χ1v) is 17.1. The lowest BCUT2D eigenvalue weighted by Gasteiger charge is -2.16. The number of para-hydroxylation sites is 1. The van der Waals surface area contributed by atoms with Crippen LogP contribution in [0.15, 0.2) is 120 Å². The molecule has 2 saturated carbocycles. The van der Waals surface area contributed by atoms with Crippen molar-refractivity contribution < 1.29 is 4.42 Å². The number of anilines is 2. The molecule has 0 radical (unpaired) electrons. The standard InChI is InChI=1S/C44H34N2O/c1-3-9-27-15-21-39-40(34(27)13-6-1)36-25-37(45-32-11-4-2-5-12-32)41-35-24-29-23-28(29)14-20-38(35)46(42(41)43(36)47-39)33-18-16-30(17-19-33)44-22-8-7-10-31(44)26-44/h2-22,25,28-29,31,45H,1,23-24,26H2. The van der Waals surface area contributed by atoms with Crippen molar-refractivity contribution >= 4 is 62.4 Å². The lowest BCUT2D eigenvalue weighted by atomic mass is 9.90. The van der Waals surface area contributed by atoms with E-state index in [0.717, 1.165) is 46.3 Å². The van der Waals surface area contributed by atoms with Crippen molar-refractivity contribution in [1.29, 1.82) is 0 Å². The summed E-state index contributed by atoms with van der Waals surface area (Å²) in [5.74, 6) is 2.01. The van der Waals surface area contributed by atoms with Crippen LogP contribution in [0.5, 0.6) is 0 Å². The molecular weight excluding hydrogens is 572 g/mol. The lowest BCUT2D eigenvalue weighted by molar-refractivity contribution is 0.671. The van der Waals surface area contributed by atoms with Crippen molar-refractivity contribution in [3.63, 3.8) is 0 Å². The summed E-state index contributed by atoms with van der Waals surface area (Å²) in [6.45, 7) is 0. The number of allylic oxidation sites excluding steroid dienone is 7. The molecule has 47 heavy (non-hydrogen) atoms. The van der Waals surface area contributed by atoms with Crippen molar-refractivity contribution in [2.75, 3.05) is 5.32 Å². The van der Waals surface area contributed by atoms with E-state index in [-0.39, 0.29) is 5.41 Å². The average Bonchev–Trinajstić information content (AvgIpc) is 3.99. The maximum atomic E-state index is 6.98. The number of nitrogens with zero attached hydrogens (tertiary/aromatic N) is 1. The molecule has 0 bridgehead atoms. The molecule has 0 spiro atoms. The van der Waals surface area contributed by atoms with Gasteiger partial charge in [-0.2, -0.15) is 0 Å². The lowest BCUT2D eigenvalue weighted by Crippen LogP contribution is -2.08. The van der Waals surface area contributed by atoms with Crippen molar-refractivity contribution in [2.45, 2.75) is 31.1 Å². The van der Waals surface area contributed by atoms with Crippen LogP contribution in [0.1, 0.15) is 47.2 Å². The van der Waals surface area contributed by atoms with Crippen LogP contribution in [0, 0.1) is 17.8 Å². The zero-order valence-electron chi connectivity index (χ0n) is 26.1. The highest BCUT2D eigenvalue weighted by Crippen LogP contribution is 2.58. The number of hydrogen-bond donors (Lipinski definition) is 1. The van der Waals surface area contributed by atoms with Crippen LogP contribution >= 0.6 is 0 Å². The van der Waals surface area contributed by atoms with E-state index in [0.29, 0.717) is 17.8 Å². The Kier molecular flexibility index (Phi) is 5.17. The molecule has 0 aliphatic heterocycles. The van der Waals surface area contributed by atoms with Crippen LogP contribution in [0.4, 0.5) is 11.4 Å². The third-order valence-corrected chi connectivity index (χ3v) is 11.5. The molecule has 4 unspecified atom stereocenters. The first-order chi connectivity index (χ1) is 23.2. The predicted octanol–water partition coefficient (Wildman–Crippen LogP) is 11.3. The van der Waals surface area contributed by atoms with Gasteiger partial charge in [0.2, 0.25) is 0 Å².